The van der Waals surface area contributed by atoms with Crippen molar-refractivity contribution in [3.8, 4) is 11.3 Å². The van der Waals surface area contributed by atoms with Crippen molar-refractivity contribution in [2.75, 3.05) is 0 Å². The van der Waals surface area contributed by atoms with Gasteiger partial charge in [0.1, 0.15) is 6.33 Å². The summed E-state index contributed by atoms with van der Waals surface area (Å²) in [6.45, 7) is 0. The molecule has 0 fully saturated rings. The van der Waals surface area contributed by atoms with E-state index in [4.69, 9.17) is 23.2 Å². The quantitative estimate of drug-likeness (QED) is 0.927. The minimum Gasteiger partial charge on any atom is -0.303 e. The van der Waals surface area contributed by atoms with Gasteiger partial charge in [-0.3, -0.25) is 0 Å². The van der Waals surface area contributed by atoms with Gasteiger partial charge in [-0.2, -0.15) is 5.32 Å². The molecule has 1 aliphatic heterocycles. The number of hydrogen-bond donors (Lipinski definition) is 1. The van der Waals surface area contributed by atoms with Crippen molar-refractivity contribution in [3.63, 3.8) is 0 Å². The van der Waals surface area contributed by atoms with Crippen LogP contribution in [0, 0.1) is 0 Å². The Morgan fingerprint density at radius 1 is 1.00 bits per heavy atom. The second-order valence-electron chi connectivity index (χ2n) is 4.02. The van der Waals surface area contributed by atoms with Crippen LogP contribution in [0.15, 0.2) is 36.8 Å². The molecule has 1 radical (unpaired) electrons. The maximum Gasteiger partial charge on any atom is 0.345 e. The molecule has 0 spiro atoms. The van der Waals surface area contributed by atoms with E-state index in [0.717, 1.165) is 5.56 Å². The summed E-state index contributed by atoms with van der Waals surface area (Å²) in [6, 6.07) is 6.57. The highest BCUT2D eigenvalue weighted by atomic mass is 35.5. The number of nitrogens with one attached hydrogen (secondary N) is 1. The zero-order valence-corrected chi connectivity index (χ0v) is 11.5. The first kappa shape index (κ1) is 12.9. The monoisotopic (exact) mass is 305 g/mol. The predicted octanol–water partition coefficient (Wildman–Crippen LogP) is 3.08. The van der Waals surface area contributed by atoms with Crippen LogP contribution in [0.25, 0.3) is 17.0 Å². The Hall–Kier alpha value is -2.11. The lowest BCUT2D eigenvalue weighted by atomic mass is 10.1. The normalized spacial score (nSPS) is 13.7. The smallest absolute Gasteiger partial charge is 0.303 e. The fraction of sp³-hybridized carbons (Fsp3) is 0. The lowest BCUT2D eigenvalue weighted by molar-refractivity contribution is 0.249. The molecule has 7 heteroatoms. The van der Waals surface area contributed by atoms with Crippen LogP contribution in [0.2, 0.25) is 10.0 Å². The molecule has 1 aromatic heterocycles. The van der Waals surface area contributed by atoms with E-state index in [2.05, 4.69) is 20.6 Å². The van der Waals surface area contributed by atoms with Gasteiger partial charge in [0.2, 0.25) is 0 Å². The largest absolute Gasteiger partial charge is 0.345 e. The van der Waals surface area contributed by atoms with Gasteiger partial charge in [0.25, 0.3) is 0 Å². The van der Waals surface area contributed by atoms with E-state index < -0.39 is 6.03 Å². The predicted molar refractivity (Wildman–Crippen MR) is 76.1 cm³/mol. The standard InChI is InChI=1S/C13H7Cl2N4O/c14-8-2-1-7(3-9(8)15)10-4-11(18-6-17-10)12-5-16-13(20)19-12/h1-6H,(H,19,20). The lowest BCUT2D eigenvalue weighted by Gasteiger charge is -2.05. The van der Waals surface area contributed by atoms with Gasteiger partial charge in [0.05, 0.1) is 33.3 Å². The molecule has 0 aliphatic carbocycles. The number of aromatic nitrogens is 2. The molecule has 0 bridgehead atoms. The van der Waals surface area contributed by atoms with Gasteiger partial charge < -0.3 is 5.32 Å². The third-order valence-electron chi connectivity index (χ3n) is 2.71. The zero-order chi connectivity index (χ0) is 14.1. The Morgan fingerprint density at radius 2 is 1.80 bits per heavy atom. The van der Waals surface area contributed by atoms with Crippen molar-refractivity contribution >= 4 is 34.9 Å². The van der Waals surface area contributed by atoms with Crippen LogP contribution in [0.5, 0.6) is 0 Å². The number of urea groups is 1. The van der Waals surface area contributed by atoms with Crippen molar-refractivity contribution in [3.05, 3.63) is 52.5 Å². The van der Waals surface area contributed by atoms with Crippen LogP contribution in [-0.2, 0) is 0 Å². The molecule has 0 atom stereocenters. The molecule has 2 heterocycles. The number of carbonyl (C=O) groups is 1. The molecule has 1 aliphatic rings. The number of carbonyl (C=O) groups excluding carboxylic acids is 1. The van der Waals surface area contributed by atoms with Crippen molar-refractivity contribution in [2.45, 2.75) is 0 Å². The molecule has 5 nitrogen and oxygen atoms in total. The highest BCUT2D eigenvalue weighted by molar-refractivity contribution is 6.42. The average Bonchev–Trinajstić information content (AvgIpc) is 2.89. The molecule has 0 saturated heterocycles. The SMILES string of the molecule is O=C1[N]C=C(c2cc(-c3ccc(Cl)c(Cl)c3)ncn2)N1. The molecule has 1 N–H and O–H groups in total. The number of amides is 2. The van der Waals surface area contributed by atoms with E-state index in [1.807, 2.05) is 6.07 Å². The summed E-state index contributed by atoms with van der Waals surface area (Å²) in [4.78, 5) is 19.4. The first-order valence-corrected chi connectivity index (χ1v) is 6.39. The summed E-state index contributed by atoms with van der Waals surface area (Å²) in [5.41, 5.74) is 2.61. The number of hydrogen-bond acceptors (Lipinski definition) is 3. The van der Waals surface area contributed by atoms with E-state index in [1.54, 1.807) is 18.2 Å². The van der Waals surface area contributed by atoms with Crippen molar-refractivity contribution in [1.29, 1.82) is 0 Å². The minimum atomic E-state index is -0.408. The fourth-order valence-corrected chi connectivity index (χ4v) is 2.05. The zero-order valence-electron chi connectivity index (χ0n) is 9.97. The van der Waals surface area contributed by atoms with E-state index in [0.29, 0.717) is 27.1 Å². The Morgan fingerprint density at radius 3 is 2.50 bits per heavy atom. The van der Waals surface area contributed by atoms with Crippen molar-refractivity contribution in [1.82, 2.24) is 20.6 Å². The lowest BCUT2D eigenvalue weighted by Crippen LogP contribution is -2.18. The maximum atomic E-state index is 11.1. The highest BCUT2D eigenvalue weighted by Gasteiger charge is 2.16. The van der Waals surface area contributed by atoms with Crippen LogP contribution in [-0.4, -0.2) is 16.0 Å². The third kappa shape index (κ3) is 2.45. The summed E-state index contributed by atoms with van der Waals surface area (Å²) in [5.74, 6) is 0. The van der Waals surface area contributed by atoms with Gasteiger partial charge in [0.15, 0.2) is 0 Å². The van der Waals surface area contributed by atoms with E-state index in [-0.39, 0.29) is 0 Å². The number of halogens is 2. The Kier molecular flexibility index (Phi) is 3.30. The van der Waals surface area contributed by atoms with Crippen LogP contribution < -0.4 is 10.6 Å². The van der Waals surface area contributed by atoms with Gasteiger partial charge in [0, 0.05) is 5.56 Å². The molecular formula is C13H7Cl2N4O. The Labute approximate surface area is 124 Å². The van der Waals surface area contributed by atoms with Crippen molar-refractivity contribution < 1.29 is 4.79 Å². The summed E-state index contributed by atoms with van der Waals surface area (Å²) in [5, 5.41) is 7.13. The summed E-state index contributed by atoms with van der Waals surface area (Å²) >= 11 is 11.9. The topological polar surface area (TPSA) is 69.0 Å². The van der Waals surface area contributed by atoms with Gasteiger partial charge in [-0.05, 0) is 18.2 Å². The number of benzene rings is 1. The van der Waals surface area contributed by atoms with Crippen molar-refractivity contribution in [2.24, 2.45) is 0 Å². The maximum absolute atomic E-state index is 11.1. The molecule has 0 unspecified atom stereocenters. The van der Waals surface area contributed by atoms with Gasteiger partial charge in [-0.15, -0.1) is 0 Å². The summed E-state index contributed by atoms with van der Waals surface area (Å²) < 4.78 is 0. The van der Waals surface area contributed by atoms with Crippen LogP contribution in [0.3, 0.4) is 0 Å². The molecule has 2 aromatic rings. The minimum absolute atomic E-state index is 0.408. The second-order valence-corrected chi connectivity index (χ2v) is 4.83. The molecule has 1 aromatic carbocycles. The number of rotatable bonds is 2. The average molecular weight is 306 g/mol. The fourth-order valence-electron chi connectivity index (χ4n) is 1.75. The van der Waals surface area contributed by atoms with E-state index in [1.165, 1.54) is 12.5 Å². The Bertz CT molecular complexity index is 730. The Balaban J connectivity index is 1.99. The van der Waals surface area contributed by atoms with Crippen LogP contribution in [0.1, 0.15) is 5.69 Å². The molecule has 3 rings (SSSR count). The van der Waals surface area contributed by atoms with E-state index >= 15 is 0 Å². The summed E-state index contributed by atoms with van der Waals surface area (Å²) in [6.07, 6.45) is 2.85. The molecule has 99 valence electrons. The van der Waals surface area contributed by atoms with Gasteiger partial charge in [-0.1, -0.05) is 29.3 Å². The van der Waals surface area contributed by atoms with Gasteiger partial charge >= 0.3 is 6.03 Å². The van der Waals surface area contributed by atoms with E-state index in [9.17, 15) is 4.79 Å². The number of nitrogens with zero attached hydrogens (tertiary/aromatic N) is 3. The molecule has 0 saturated carbocycles. The highest BCUT2D eigenvalue weighted by Crippen LogP contribution is 2.28. The first-order chi connectivity index (χ1) is 9.63. The van der Waals surface area contributed by atoms with Gasteiger partial charge in [-0.25, -0.2) is 14.8 Å². The molecular weight excluding hydrogens is 299 g/mol. The third-order valence-corrected chi connectivity index (χ3v) is 3.45. The molecule has 2 amide bonds. The summed E-state index contributed by atoms with van der Waals surface area (Å²) in [7, 11) is 0. The molecule has 20 heavy (non-hydrogen) atoms. The van der Waals surface area contributed by atoms with Crippen LogP contribution in [0.4, 0.5) is 4.79 Å². The van der Waals surface area contributed by atoms with Crippen LogP contribution >= 0.6 is 23.2 Å². The second kappa shape index (κ2) is 5.11. The first-order valence-electron chi connectivity index (χ1n) is 5.63.